The van der Waals surface area contributed by atoms with Gasteiger partial charge in [0.25, 0.3) is 0 Å². The van der Waals surface area contributed by atoms with Gasteiger partial charge < -0.3 is 9.16 Å². The number of allylic oxidation sites excluding steroid dienone is 1. The van der Waals surface area contributed by atoms with Gasteiger partial charge in [0.1, 0.15) is 0 Å². The minimum atomic E-state index is -1.83. The van der Waals surface area contributed by atoms with Crippen molar-refractivity contribution in [3.63, 3.8) is 0 Å². The standard InChI is InChI=1S/C22H43IO2Si/c1-7-8-9-10-11-15-18-20(23)21(24-19-16-13-12-14-17-19)25-26(5,6)22(2,3)4/h13,16,19-21H,7-12,14-15,17-18H2,1-6H3/t19?,20-,21-/m0/s1. The van der Waals surface area contributed by atoms with Gasteiger partial charge in [-0.1, -0.05) is 101 Å². The van der Waals surface area contributed by atoms with Crippen LogP contribution in [0.1, 0.15) is 91.9 Å². The van der Waals surface area contributed by atoms with E-state index in [0.29, 0.717) is 3.92 Å². The van der Waals surface area contributed by atoms with Crippen LogP contribution in [0.15, 0.2) is 12.2 Å². The SMILES string of the molecule is CCCCCCCC[C@H](I)[C@@H](OC1C=CCCC1)O[Si](C)(C)C(C)(C)C. The number of halogens is 1. The van der Waals surface area contributed by atoms with Crippen molar-refractivity contribution in [3.05, 3.63) is 12.2 Å². The predicted octanol–water partition coefficient (Wildman–Crippen LogP) is 8.01. The number of hydrogen-bond acceptors (Lipinski definition) is 2. The zero-order chi connectivity index (χ0) is 19.6. The second-order valence-electron chi connectivity index (χ2n) is 9.35. The lowest BCUT2D eigenvalue weighted by atomic mass is 10.1. The summed E-state index contributed by atoms with van der Waals surface area (Å²) in [6.07, 6.45) is 17.5. The molecule has 3 atom stereocenters. The molecule has 0 bridgehead atoms. The van der Waals surface area contributed by atoms with Gasteiger partial charge in [-0.2, -0.15) is 0 Å². The molecule has 0 aromatic carbocycles. The molecule has 26 heavy (non-hydrogen) atoms. The van der Waals surface area contributed by atoms with Gasteiger partial charge in [0.2, 0.25) is 0 Å². The lowest BCUT2D eigenvalue weighted by Crippen LogP contribution is -2.47. The third-order valence-electron chi connectivity index (χ3n) is 5.86. The molecule has 0 spiro atoms. The fourth-order valence-electron chi connectivity index (χ4n) is 2.98. The smallest absolute Gasteiger partial charge is 0.195 e. The van der Waals surface area contributed by atoms with Crippen molar-refractivity contribution in [3.8, 4) is 0 Å². The summed E-state index contributed by atoms with van der Waals surface area (Å²) in [4.78, 5) is 0. The normalized spacial score (nSPS) is 21.0. The zero-order valence-corrected chi connectivity index (χ0v) is 21.3. The van der Waals surface area contributed by atoms with Crippen LogP contribution < -0.4 is 0 Å². The first-order valence-electron chi connectivity index (χ1n) is 10.8. The highest BCUT2D eigenvalue weighted by Crippen LogP contribution is 2.39. The molecule has 0 amide bonds. The summed E-state index contributed by atoms with van der Waals surface area (Å²) in [5, 5.41) is 0.216. The number of rotatable bonds is 12. The number of unbranched alkanes of at least 4 members (excludes halogenated alkanes) is 5. The van der Waals surface area contributed by atoms with Gasteiger partial charge in [-0.15, -0.1) is 0 Å². The zero-order valence-electron chi connectivity index (χ0n) is 18.2. The number of hydrogen-bond donors (Lipinski definition) is 0. The first-order valence-corrected chi connectivity index (χ1v) is 15.0. The van der Waals surface area contributed by atoms with Crippen LogP contribution in [0.25, 0.3) is 0 Å². The van der Waals surface area contributed by atoms with E-state index in [4.69, 9.17) is 9.16 Å². The van der Waals surface area contributed by atoms with Gasteiger partial charge in [0.15, 0.2) is 14.6 Å². The van der Waals surface area contributed by atoms with Gasteiger partial charge in [-0.05, 0) is 43.8 Å². The Balaban J connectivity index is 2.60. The van der Waals surface area contributed by atoms with Gasteiger partial charge in [-0.25, -0.2) is 0 Å². The van der Waals surface area contributed by atoms with Gasteiger partial charge >= 0.3 is 0 Å². The molecule has 0 aromatic rings. The molecule has 0 aromatic heterocycles. The molecule has 1 aliphatic carbocycles. The van der Waals surface area contributed by atoms with Crippen LogP contribution in [0.5, 0.6) is 0 Å². The van der Waals surface area contributed by atoms with Crippen molar-refractivity contribution in [2.45, 2.75) is 126 Å². The maximum absolute atomic E-state index is 6.74. The van der Waals surface area contributed by atoms with Gasteiger partial charge in [-0.3, -0.25) is 0 Å². The fraction of sp³-hybridized carbons (Fsp3) is 0.909. The van der Waals surface area contributed by atoms with E-state index >= 15 is 0 Å². The van der Waals surface area contributed by atoms with Crippen LogP contribution in [0.4, 0.5) is 0 Å². The average molecular weight is 495 g/mol. The molecule has 154 valence electrons. The molecule has 0 N–H and O–H groups in total. The minimum Gasteiger partial charge on any atom is -0.391 e. The Hall–Kier alpha value is 0.607. The highest BCUT2D eigenvalue weighted by Gasteiger charge is 2.41. The first kappa shape index (κ1) is 24.6. The summed E-state index contributed by atoms with van der Waals surface area (Å²) in [7, 11) is -1.83. The van der Waals surface area contributed by atoms with Crippen molar-refractivity contribution in [1.29, 1.82) is 0 Å². The van der Waals surface area contributed by atoms with Crippen LogP contribution >= 0.6 is 22.6 Å². The molecule has 1 aliphatic rings. The molecule has 1 unspecified atom stereocenters. The van der Waals surface area contributed by atoms with E-state index in [1.54, 1.807) is 0 Å². The molecule has 0 saturated heterocycles. The third-order valence-corrected chi connectivity index (χ3v) is 11.5. The number of alkyl halides is 1. The average Bonchev–Trinajstić information content (AvgIpc) is 2.57. The van der Waals surface area contributed by atoms with Gasteiger partial charge in [0.05, 0.1) is 10.0 Å². The molecule has 0 aliphatic heterocycles. The summed E-state index contributed by atoms with van der Waals surface area (Å²) in [6, 6.07) is 0. The maximum atomic E-state index is 6.74. The van der Waals surface area contributed by atoms with E-state index in [0.717, 1.165) is 6.42 Å². The van der Waals surface area contributed by atoms with Crippen LogP contribution in [-0.4, -0.2) is 24.6 Å². The topological polar surface area (TPSA) is 18.5 Å². The third kappa shape index (κ3) is 9.20. The first-order chi connectivity index (χ1) is 12.2. The Bertz CT molecular complexity index is 403. The van der Waals surface area contributed by atoms with Crippen LogP contribution in [0.2, 0.25) is 18.1 Å². The largest absolute Gasteiger partial charge is 0.391 e. The van der Waals surface area contributed by atoms with Crippen molar-refractivity contribution in [2.24, 2.45) is 0 Å². The molecule has 1 rings (SSSR count). The summed E-state index contributed by atoms with van der Waals surface area (Å²) in [5.74, 6) is 0. The summed E-state index contributed by atoms with van der Waals surface area (Å²) >= 11 is 2.58. The molecule has 4 heteroatoms. The Morgan fingerprint density at radius 1 is 1.12 bits per heavy atom. The highest BCUT2D eigenvalue weighted by atomic mass is 127. The van der Waals surface area contributed by atoms with Crippen LogP contribution in [-0.2, 0) is 9.16 Å². The van der Waals surface area contributed by atoms with Crippen LogP contribution in [0, 0.1) is 0 Å². The van der Waals surface area contributed by atoms with E-state index in [1.807, 2.05) is 0 Å². The quantitative estimate of drug-likeness (QED) is 0.0683. The Kier molecular flexibility index (Phi) is 11.6. The van der Waals surface area contributed by atoms with Crippen molar-refractivity contribution in [1.82, 2.24) is 0 Å². The summed E-state index contributed by atoms with van der Waals surface area (Å²) in [6.45, 7) is 13.9. The van der Waals surface area contributed by atoms with E-state index in [-0.39, 0.29) is 17.4 Å². The summed E-state index contributed by atoms with van der Waals surface area (Å²) < 4.78 is 13.7. The van der Waals surface area contributed by atoms with Crippen molar-refractivity contribution < 1.29 is 9.16 Å². The molecule has 0 radical (unpaired) electrons. The monoisotopic (exact) mass is 494 g/mol. The lowest BCUT2D eigenvalue weighted by molar-refractivity contribution is -0.113. The fourth-order valence-corrected chi connectivity index (χ4v) is 5.16. The van der Waals surface area contributed by atoms with Gasteiger partial charge in [0, 0.05) is 0 Å². The lowest BCUT2D eigenvalue weighted by Gasteiger charge is -2.41. The molecular formula is C22H43IO2Si. The van der Waals surface area contributed by atoms with Crippen LogP contribution in [0.3, 0.4) is 0 Å². The molecule has 0 saturated carbocycles. The second kappa shape index (κ2) is 12.2. The number of ether oxygens (including phenoxy) is 1. The minimum absolute atomic E-state index is 0.0696. The summed E-state index contributed by atoms with van der Waals surface area (Å²) in [5.41, 5.74) is 0. The Morgan fingerprint density at radius 3 is 2.35 bits per heavy atom. The molecule has 2 nitrogen and oxygen atoms in total. The van der Waals surface area contributed by atoms with Crippen molar-refractivity contribution in [2.75, 3.05) is 0 Å². The molecule has 0 heterocycles. The highest BCUT2D eigenvalue weighted by molar-refractivity contribution is 14.1. The van der Waals surface area contributed by atoms with E-state index in [9.17, 15) is 0 Å². The van der Waals surface area contributed by atoms with E-state index in [2.05, 4.69) is 75.5 Å². The Morgan fingerprint density at radius 2 is 1.77 bits per heavy atom. The molecular weight excluding hydrogens is 451 g/mol. The second-order valence-corrected chi connectivity index (χ2v) is 15.7. The van der Waals surface area contributed by atoms with Crippen molar-refractivity contribution >= 4 is 30.9 Å². The Labute approximate surface area is 178 Å². The van der Waals surface area contributed by atoms with E-state index < -0.39 is 8.32 Å². The maximum Gasteiger partial charge on any atom is 0.195 e. The van der Waals surface area contributed by atoms with E-state index in [1.165, 1.54) is 57.8 Å². The predicted molar refractivity (Wildman–Crippen MR) is 126 cm³/mol. The molecule has 0 fully saturated rings.